The third kappa shape index (κ3) is 3.49. The standard InChI is InChI=1S/C18H17F4N3O/c1-2-10-24(11-18(20,21)22)17(26)16-12-6-5-9-14(12)25(23-16)15-8-4-3-7-13(15)19/h2-4,7-8H,1,5-6,9-11H2. The van der Waals surface area contributed by atoms with Gasteiger partial charge in [-0.25, -0.2) is 9.07 Å². The molecule has 0 radical (unpaired) electrons. The van der Waals surface area contributed by atoms with E-state index in [9.17, 15) is 22.4 Å². The lowest BCUT2D eigenvalue weighted by Gasteiger charge is -2.22. The zero-order valence-corrected chi connectivity index (χ0v) is 13.9. The molecule has 1 amide bonds. The molecule has 0 aliphatic heterocycles. The lowest BCUT2D eigenvalue weighted by Crippen LogP contribution is -2.39. The molecule has 4 nitrogen and oxygen atoms in total. The minimum Gasteiger partial charge on any atom is -0.324 e. The summed E-state index contributed by atoms with van der Waals surface area (Å²) in [6.45, 7) is 1.77. The number of carbonyl (C=O) groups excluding carboxylic acids is 1. The highest BCUT2D eigenvalue weighted by molar-refractivity contribution is 5.94. The number of hydrogen-bond donors (Lipinski definition) is 0. The number of amides is 1. The van der Waals surface area contributed by atoms with Crippen LogP contribution in [0.4, 0.5) is 17.6 Å². The first-order valence-corrected chi connectivity index (χ1v) is 8.14. The Hall–Kier alpha value is -2.64. The molecule has 0 atom stereocenters. The molecule has 1 aromatic carbocycles. The maximum absolute atomic E-state index is 14.1. The van der Waals surface area contributed by atoms with Crippen molar-refractivity contribution >= 4 is 5.91 Å². The Morgan fingerprint density at radius 3 is 2.69 bits per heavy atom. The number of benzene rings is 1. The van der Waals surface area contributed by atoms with Gasteiger partial charge in [-0.1, -0.05) is 18.2 Å². The van der Waals surface area contributed by atoms with Crippen LogP contribution >= 0.6 is 0 Å². The van der Waals surface area contributed by atoms with Gasteiger partial charge >= 0.3 is 6.18 Å². The van der Waals surface area contributed by atoms with Crippen molar-refractivity contribution in [1.29, 1.82) is 0 Å². The number of hydrogen-bond acceptors (Lipinski definition) is 2. The molecule has 0 bridgehead atoms. The topological polar surface area (TPSA) is 38.1 Å². The third-order valence-electron chi connectivity index (χ3n) is 4.22. The maximum Gasteiger partial charge on any atom is 0.406 e. The maximum atomic E-state index is 14.1. The summed E-state index contributed by atoms with van der Waals surface area (Å²) < 4.78 is 53.9. The monoisotopic (exact) mass is 367 g/mol. The van der Waals surface area contributed by atoms with Crippen molar-refractivity contribution in [1.82, 2.24) is 14.7 Å². The van der Waals surface area contributed by atoms with Gasteiger partial charge in [-0.05, 0) is 31.4 Å². The molecule has 3 rings (SSSR count). The van der Waals surface area contributed by atoms with E-state index >= 15 is 0 Å². The van der Waals surface area contributed by atoms with Crippen molar-refractivity contribution in [2.45, 2.75) is 25.4 Å². The fraction of sp³-hybridized carbons (Fsp3) is 0.333. The molecular formula is C18H17F4N3O. The Morgan fingerprint density at radius 1 is 1.31 bits per heavy atom. The van der Waals surface area contributed by atoms with Crippen molar-refractivity contribution in [3.8, 4) is 5.69 Å². The first-order valence-electron chi connectivity index (χ1n) is 8.14. The van der Waals surface area contributed by atoms with Crippen LogP contribution in [0, 0.1) is 5.82 Å². The van der Waals surface area contributed by atoms with Crippen molar-refractivity contribution in [3.63, 3.8) is 0 Å². The Balaban J connectivity index is 2.03. The lowest BCUT2D eigenvalue weighted by atomic mass is 10.2. The highest BCUT2D eigenvalue weighted by Gasteiger charge is 2.36. The van der Waals surface area contributed by atoms with Crippen LogP contribution in [0.15, 0.2) is 36.9 Å². The Bertz CT molecular complexity index is 841. The van der Waals surface area contributed by atoms with E-state index in [-0.39, 0.29) is 17.9 Å². The van der Waals surface area contributed by atoms with E-state index in [1.165, 1.54) is 29.0 Å². The summed E-state index contributed by atoms with van der Waals surface area (Å²) in [6, 6.07) is 5.96. The Labute approximate surface area is 147 Å². The van der Waals surface area contributed by atoms with Gasteiger partial charge in [0, 0.05) is 17.8 Å². The molecule has 1 heterocycles. The number of nitrogens with zero attached hydrogens (tertiary/aromatic N) is 3. The van der Waals surface area contributed by atoms with Crippen LogP contribution < -0.4 is 0 Å². The van der Waals surface area contributed by atoms with E-state index in [2.05, 4.69) is 11.7 Å². The van der Waals surface area contributed by atoms with Gasteiger partial charge in [-0.3, -0.25) is 4.79 Å². The van der Waals surface area contributed by atoms with E-state index in [4.69, 9.17) is 0 Å². The Morgan fingerprint density at radius 2 is 2.04 bits per heavy atom. The number of alkyl halides is 3. The van der Waals surface area contributed by atoms with Crippen molar-refractivity contribution in [2.24, 2.45) is 0 Å². The molecule has 1 aliphatic rings. The van der Waals surface area contributed by atoms with Gasteiger partial charge < -0.3 is 4.90 Å². The molecular weight excluding hydrogens is 350 g/mol. The fourth-order valence-electron chi connectivity index (χ4n) is 3.17. The van der Waals surface area contributed by atoms with Crippen LogP contribution in [0.1, 0.15) is 28.2 Å². The second-order valence-electron chi connectivity index (χ2n) is 6.08. The fourth-order valence-corrected chi connectivity index (χ4v) is 3.17. The molecule has 0 fully saturated rings. The first-order chi connectivity index (χ1) is 12.3. The van der Waals surface area contributed by atoms with Gasteiger partial charge in [-0.2, -0.15) is 18.3 Å². The number of halogens is 4. The van der Waals surface area contributed by atoms with Crippen molar-refractivity contribution in [2.75, 3.05) is 13.1 Å². The molecule has 26 heavy (non-hydrogen) atoms. The molecule has 1 aromatic heterocycles. The third-order valence-corrected chi connectivity index (χ3v) is 4.22. The molecule has 138 valence electrons. The van der Waals surface area contributed by atoms with Gasteiger partial charge in [0.1, 0.15) is 18.0 Å². The van der Waals surface area contributed by atoms with E-state index in [1.807, 2.05) is 0 Å². The van der Waals surface area contributed by atoms with E-state index < -0.39 is 24.4 Å². The second-order valence-corrected chi connectivity index (χ2v) is 6.08. The molecule has 2 aromatic rings. The first kappa shape index (κ1) is 18.2. The quantitative estimate of drug-likeness (QED) is 0.597. The zero-order chi connectivity index (χ0) is 18.9. The normalized spacial score (nSPS) is 13.5. The van der Waals surface area contributed by atoms with Gasteiger partial charge in [0.15, 0.2) is 5.69 Å². The summed E-state index contributed by atoms with van der Waals surface area (Å²) in [4.78, 5) is 13.4. The zero-order valence-electron chi connectivity index (χ0n) is 13.9. The van der Waals surface area contributed by atoms with Gasteiger partial charge in [-0.15, -0.1) is 6.58 Å². The summed E-state index contributed by atoms with van der Waals surface area (Å²) >= 11 is 0. The number of aromatic nitrogens is 2. The minimum absolute atomic E-state index is 0.0492. The van der Waals surface area contributed by atoms with Crippen LogP contribution in [0.25, 0.3) is 5.69 Å². The van der Waals surface area contributed by atoms with Crippen molar-refractivity contribution in [3.05, 3.63) is 59.7 Å². The Kier molecular flexibility index (Phi) is 4.84. The predicted molar refractivity (Wildman–Crippen MR) is 87.7 cm³/mol. The van der Waals surface area contributed by atoms with Crippen LogP contribution in [0.3, 0.4) is 0 Å². The van der Waals surface area contributed by atoms with Gasteiger partial charge in [0.05, 0.1) is 0 Å². The highest BCUT2D eigenvalue weighted by atomic mass is 19.4. The SMILES string of the molecule is C=CCN(CC(F)(F)F)C(=O)c1nn(-c2ccccc2F)c2c1CCC2. The van der Waals surface area contributed by atoms with Crippen LogP contribution in [-0.2, 0) is 12.8 Å². The average molecular weight is 367 g/mol. The molecule has 0 saturated heterocycles. The van der Waals surface area contributed by atoms with Crippen LogP contribution in [0.2, 0.25) is 0 Å². The molecule has 1 aliphatic carbocycles. The van der Waals surface area contributed by atoms with Gasteiger partial charge in [0.25, 0.3) is 5.91 Å². The van der Waals surface area contributed by atoms with E-state index in [1.54, 1.807) is 6.07 Å². The minimum atomic E-state index is -4.53. The van der Waals surface area contributed by atoms with E-state index in [0.717, 1.165) is 6.42 Å². The van der Waals surface area contributed by atoms with Crippen LogP contribution in [-0.4, -0.2) is 39.9 Å². The second kappa shape index (κ2) is 6.93. The number of rotatable bonds is 5. The number of para-hydroxylation sites is 1. The van der Waals surface area contributed by atoms with Gasteiger partial charge in [0.2, 0.25) is 0 Å². The summed E-state index contributed by atoms with van der Waals surface area (Å²) in [5.41, 5.74) is 1.39. The summed E-state index contributed by atoms with van der Waals surface area (Å²) in [5.74, 6) is -1.34. The molecule has 0 saturated carbocycles. The highest BCUT2D eigenvalue weighted by Crippen LogP contribution is 2.30. The molecule has 0 unspecified atom stereocenters. The summed E-state index contributed by atoms with van der Waals surface area (Å²) in [5, 5.41) is 4.18. The molecule has 0 N–H and O–H groups in total. The average Bonchev–Trinajstić information content (AvgIpc) is 3.16. The predicted octanol–water partition coefficient (Wildman–Crippen LogP) is 3.69. The summed E-state index contributed by atoms with van der Waals surface area (Å²) in [7, 11) is 0. The smallest absolute Gasteiger partial charge is 0.324 e. The number of fused-ring (bicyclic) bond motifs is 1. The summed E-state index contributed by atoms with van der Waals surface area (Å²) in [6.07, 6.45) is -1.44. The van der Waals surface area contributed by atoms with E-state index in [0.29, 0.717) is 29.0 Å². The van der Waals surface area contributed by atoms with Crippen molar-refractivity contribution < 1.29 is 22.4 Å². The molecule has 8 heteroatoms. The number of carbonyl (C=O) groups is 1. The lowest BCUT2D eigenvalue weighted by molar-refractivity contribution is -0.139. The molecule has 0 spiro atoms. The largest absolute Gasteiger partial charge is 0.406 e. The van der Waals surface area contributed by atoms with Crippen LogP contribution in [0.5, 0.6) is 0 Å².